The van der Waals surface area contributed by atoms with E-state index in [1.807, 2.05) is 6.07 Å². The predicted molar refractivity (Wildman–Crippen MR) is 79.1 cm³/mol. The first-order valence-corrected chi connectivity index (χ1v) is 7.09. The number of imide groups is 1. The van der Waals surface area contributed by atoms with Gasteiger partial charge in [-0.15, -0.1) is 0 Å². The number of urea groups is 1. The minimum Gasteiger partial charge on any atom is -0.452 e. The van der Waals surface area contributed by atoms with E-state index in [4.69, 9.17) is 10.5 Å². The average molecular weight is 319 g/mol. The van der Waals surface area contributed by atoms with Crippen LogP contribution in [0.1, 0.15) is 28.8 Å². The average Bonchev–Trinajstić information content (AvgIpc) is 2.89. The molecule has 0 aromatic heterocycles. The molecule has 0 bridgehead atoms. The van der Waals surface area contributed by atoms with Gasteiger partial charge in [0.05, 0.1) is 5.56 Å². The van der Waals surface area contributed by atoms with Gasteiger partial charge in [-0.25, -0.2) is 9.59 Å². The van der Waals surface area contributed by atoms with Gasteiger partial charge in [0.15, 0.2) is 6.61 Å². The molecule has 1 heterocycles. The smallest absolute Gasteiger partial charge is 0.338 e. The van der Waals surface area contributed by atoms with Crippen molar-refractivity contribution in [3.63, 3.8) is 0 Å². The number of esters is 1. The van der Waals surface area contributed by atoms with E-state index in [-0.39, 0.29) is 11.5 Å². The maximum absolute atomic E-state index is 11.9. The van der Waals surface area contributed by atoms with Crippen molar-refractivity contribution in [3.05, 3.63) is 35.4 Å². The summed E-state index contributed by atoms with van der Waals surface area (Å²) in [4.78, 5) is 46.9. The third-order valence-electron chi connectivity index (χ3n) is 3.30. The molecule has 122 valence electrons. The molecule has 1 aromatic carbocycles. The van der Waals surface area contributed by atoms with Crippen LogP contribution in [0.2, 0.25) is 0 Å². The highest BCUT2D eigenvalue weighted by molar-refractivity contribution is 5.96. The summed E-state index contributed by atoms with van der Waals surface area (Å²) in [5.74, 6) is -1.40. The number of nitrogens with one attached hydrogen (secondary N) is 1. The summed E-state index contributed by atoms with van der Waals surface area (Å²) < 4.78 is 4.80. The molecular weight excluding hydrogens is 302 g/mol. The summed E-state index contributed by atoms with van der Waals surface area (Å²) in [7, 11) is 0. The van der Waals surface area contributed by atoms with Gasteiger partial charge in [0.25, 0.3) is 5.91 Å². The number of carbonyl (C=O) groups is 4. The molecule has 3 N–H and O–H groups in total. The Morgan fingerprint density at radius 3 is 2.74 bits per heavy atom. The lowest BCUT2D eigenvalue weighted by Gasteiger charge is -2.15. The number of hydrogen-bond acceptors (Lipinski definition) is 5. The lowest BCUT2D eigenvalue weighted by Crippen LogP contribution is -2.37. The van der Waals surface area contributed by atoms with Gasteiger partial charge in [-0.05, 0) is 24.1 Å². The zero-order valence-electron chi connectivity index (χ0n) is 12.4. The molecule has 1 saturated heterocycles. The van der Waals surface area contributed by atoms with E-state index in [2.05, 4.69) is 0 Å². The fraction of sp³-hybridized carbons (Fsp3) is 0.333. The van der Waals surface area contributed by atoms with Crippen molar-refractivity contribution in [1.82, 2.24) is 10.2 Å². The lowest BCUT2D eigenvalue weighted by molar-refractivity contribution is -0.128. The number of carbonyl (C=O) groups excluding carboxylic acids is 4. The summed E-state index contributed by atoms with van der Waals surface area (Å²) >= 11 is 0. The van der Waals surface area contributed by atoms with E-state index in [9.17, 15) is 19.2 Å². The monoisotopic (exact) mass is 319 g/mol. The molecule has 8 nitrogen and oxygen atoms in total. The first-order valence-electron chi connectivity index (χ1n) is 7.09. The van der Waals surface area contributed by atoms with Crippen molar-refractivity contribution in [3.8, 4) is 0 Å². The Kier molecular flexibility index (Phi) is 5.29. The molecule has 1 aromatic rings. The van der Waals surface area contributed by atoms with Crippen LogP contribution >= 0.6 is 0 Å². The quantitative estimate of drug-likeness (QED) is 0.749. The van der Waals surface area contributed by atoms with Gasteiger partial charge in [-0.2, -0.15) is 0 Å². The molecule has 0 aliphatic carbocycles. The van der Waals surface area contributed by atoms with Crippen molar-refractivity contribution >= 4 is 23.8 Å². The molecule has 4 amide bonds. The van der Waals surface area contributed by atoms with Crippen LogP contribution in [0.4, 0.5) is 4.79 Å². The highest BCUT2D eigenvalue weighted by Gasteiger charge is 2.20. The maximum atomic E-state index is 11.9. The zero-order valence-corrected chi connectivity index (χ0v) is 12.4. The van der Waals surface area contributed by atoms with Crippen LogP contribution in [0.25, 0.3) is 0 Å². The molecule has 2 rings (SSSR count). The predicted octanol–water partition coefficient (Wildman–Crippen LogP) is 0.161. The molecule has 8 heteroatoms. The Bertz CT molecular complexity index is 644. The third-order valence-corrected chi connectivity index (χ3v) is 3.30. The van der Waals surface area contributed by atoms with Crippen LogP contribution in [0.15, 0.2) is 24.3 Å². The van der Waals surface area contributed by atoms with Gasteiger partial charge >= 0.3 is 12.0 Å². The van der Waals surface area contributed by atoms with Crippen LogP contribution < -0.4 is 11.1 Å². The minimum atomic E-state index is -1.01. The Labute approximate surface area is 132 Å². The number of amides is 4. The van der Waals surface area contributed by atoms with Crippen LogP contribution in [-0.4, -0.2) is 41.9 Å². The third kappa shape index (κ3) is 4.80. The molecule has 1 aliphatic rings. The summed E-state index contributed by atoms with van der Waals surface area (Å²) in [5.41, 5.74) is 5.84. The molecule has 0 saturated carbocycles. The standard InChI is InChI=1S/C15H17N3O5/c16-15(22)17-12(19)9-23-14(21)11-4-1-3-10(7-11)8-18-6-2-5-13(18)20/h1,3-4,7H,2,5-6,8-9H2,(H3,16,17,19,22). The number of nitrogens with zero attached hydrogens (tertiary/aromatic N) is 1. The van der Waals surface area contributed by atoms with Crippen LogP contribution in [0, 0.1) is 0 Å². The number of ether oxygens (including phenoxy) is 1. The first kappa shape index (κ1) is 16.5. The summed E-state index contributed by atoms with van der Waals surface area (Å²) in [5, 5.41) is 1.79. The Morgan fingerprint density at radius 1 is 1.30 bits per heavy atom. The fourth-order valence-corrected chi connectivity index (χ4v) is 2.28. The lowest BCUT2D eigenvalue weighted by atomic mass is 10.1. The molecule has 0 atom stereocenters. The van der Waals surface area contributed by atoms with Crippen LogP contribution in [0.3, 0.4) is 0 Å². The number of hydrogen-bond donors (Lipinski definition) is 2. The van der Waals surface area contributed by atoms with Crippen molar-refractivity contribution < 1.29 is 23.9 Å². The van der Waals surface area contributed by atoms with E-state index in [0.717, 1.165) is 12.0 Å². The molecule has 0 radical (unpaired) electrons. The summed E-state index contributed by atoms with van der Waals surface area (Å²) in [6.07, 6.45) is 1.40. The van der Waals surface area contributed by atoms with Crippen molar-refractivity contribution in [2.45, 2.75) is 19.4 Å². The topological polar surface area (TPSA) is 119 Å². The van der Waals surface area contributed by atoms with Gasteiger partial charge in [0.1, 0.15) is 0 Å². The Hall–Kier alpha value is -2.90. The second kappa shape index (κ2) is 7.39. The Balaban J connectivity index is 1.93. The summed E-state index contributed by atoms with van der Waals surface area (Å²) in [6, 6.07) is 5.63. The van der Waals surface area contributed by atoms with E-state index >= 15 is 0 Å². The largest absolute Gasteiger partial charge is 0.452 e. The highest BCUT2D eigenvalue weighted by Crippen LogP contribution is 2.15. The number of primary amides is 1. The molecule has 0 spiro atoms. The normalized spacial score (nSPS) is 13.7. The van der Waals surface area contributed by atoms with Crippen molar-refractivity contribution in [2.75, 3.05) is 13.2 Å². The fourth-order valence-electron chi connectivity index (χ4n) is 2.28. The molecule has 0 unspecified atom stereocenters. The zero-order chi connectivity index (χ0) is 16.8. The van der Waals surface area contributed by atoms with E-state index in [0.29, 0.717) is 19.5 Å². The maximum Gasteiger partial charge on any atom is 0.338 e. The van der Waals surface area contributed by atoms with Crippen molar-refractivity contribution in [1.29, 1.82) is 0 Å². The van der Waals surface area contributed by atoms with Gasteiger partial charge in [0.2, 0.25) is 5.91 Å². The van der Waals surface area contributed by atoms with E-state index in [1.165, 1.54) is 0 Å². The van der Waals surface area contributed by atoms with Crippen molar-refractivity contribution in [2.24, 2.45) is 5.73 Å². The molecular formula is C15H17N3O5. The number of rotatable bonds is 5. The number of likely N-dealkylation sites (tertiary alicyclic amines) is 1. The second-order valence-corrected chi connectivity index (χ2v) is 5.11. The van der Waals surface area contributed by atoms with Gasteiger partial charge in [-0.3, -0.25) is 14.9 Å². The van der Waals surface area contributed by atoms with Gasteiger partial charge in [-0.1, -0.05) is 12.1 Å². The molecule has 23 heavy (non-hydrogen) atoms. The SMILES string of the molecule is NC(=O)NC(=O)COC(=O)c1cccc(CN2CCCC2=O)c1. The van der Waals surface area contributed by atoms with Crippen LogP contribution in [0.5, 0.6) is 0 Å². The van der Waals surface area contributed by atoms with E-state index in [1.54, 1.807) is 28.4 Å². The highest BCUT2D eigenvalue weighted by atomic mass is 16.5. The second-order valence-electron chi connectivity index (χ2n) is 5.11. The number of benzene rings is 1. The number of nitrogens with two attached hydrogens (primary N) is 1. The first-order chi connectivity index (χ1) is 11.0. The Morgan fingerprint density at radius 2 is 2.09 bits per heavy atom. The summed E-state index contributed by atoms with van der Waals surface area (Å²) in [6.45, 7) is 0.541. The molecule has 1 aliphatic heterocycles. The van der Waals surface area contributed by atoms with E-state index < -0.39 is 24.5 Å². The van der Waals surface area contributed by atoms with Gasteiger partial charge in [0, 0.05) is 19.5 Å². The van der Waals surface area contributed by atoms with Gasteiger partial charge < -0.3 is 15.4 Å². The minimum absolute atomic E-state index is 0.0982. The van der Waals surface area contributed by atoms with Crippen LogP contribution in [-0.2, 0) is 20.9 Å². The molecule has 1 fully saturated rings.